The Morgan fingerprint density at radius 1 is 0.900 bits per heavy atom. The fraction of sp³-hybridized carbons (Fsp3) is 0.645. The van der Waals surface area contributed by atoms with Gasteiger partial charge in [0.05, 0.1) is 25.6 Å². The minimum atomic E-state index is -1.09. The average Bonchev–Trinajstić information content (AvgIpc) is 2.93. The van der Waals surface area contributed by atoms with Crippen LogP contribution in [-0.2, 0) is 19.2 Å². The summed E-state index contributed by atoms with van der Waals surface area (Å²) in [4.78, 5) is 57.8. The quantitative estimate of drug-likeness (QED) is 0.238. The van der Waals surface area contributed by atoms with E-state index in [-0.39, 0.29) is 41.6 Å². The molecule has 9 nitrogen and oxygen atoms in total. The van der Waals surface area contributed by atoms with Gasteiger partial charge in [0.25, 0.3) is 5.91 Å². The monoisotopic (exact) mass is 564 g/mol. The Morgan fingerprint density at radius 2 is 1.45 bits per heavy atom. The molecule has 3 N–H and O–H groups in total. The summed E-state index contributed by atoms with van der Waals surface area (Å²) < 4.78 is 5.06. The number of ether oxygens (including phenoxy) is 1. The summed E-state index contributed by atoms with van der Waals surface area (Å²) in [6.07, 6.45) is 4.69. The molecule has 1 aromatic carbocycles. The fourth-order valence-electron chi connectivity index (χ4n) is 3.52. The van der Waals surface area contributed by atoms with Crippen LogP contribution in [0.15, 0.2) is 24.3 Å². The van der Waals surface area contributed by atoms with Gasteiger partial charge in [0, 0.05) is 17.9 Å². The molecule has 1 rings (SSSR count). The zero-order valence-corrected chi connectivity index (χ0v) is 26.0. The predicted molar refractivity (Wildman–Crippen MR) is 159 cm³/mol. The third kappa shape index (κ3) is 16.7. The molecule has 3 atom stereocenters. The maximum absolute atomic E-state index is 12.2. The predicted octanol–water partition coefficient (Wildman–Crippen LogP) is 5.60. The van der Waals surface area contributed by atoms with Crippen molar-refractivity contribution in [3.63, 3.8) is 0 Å². The summed E-state index contributed by atoms with van der Waals surface area (Å²) >= 11 is 0. The van der Waals surface area contributed by atoms with E-state index in [0.29, 0.717) is 17.7 Å². The molecule has 0 aliphatic rings. The molecule has 1 unspecified atom stereocenters. The third-order valence-corrected chi connectivity index (χ3v) is 6.05. The number of unbranched alkanes of at least 4 members (excludes halogenated alkanes) is 2. The first-order valence-corrected chi connectivity index (χ1v) is 14.4. The number of carbonyl (C=O) groups excluding carboxylic acids is 4. The first-order valence-electron chi connectivity index (χ1n) is 14.4. The Morgan fingerprint density at radius 3 is 1.88 bits per heavy atom. The van der Waals surface area contributed by atoms with Gasteiger partial charge in [0.1, 0.15) is 5.75 Å². The minimum Gasteiger partial charge on any atom is -0.497 e. The number of aliphatic carboxylic acids is 1. The van der Waals surface area contributed by atoms with Gasteiger partial charge < -0.3 is 20.5 Å². The molecule has 9 heteroatoms. The fourth-order valence-corrected chi connectivity index (χ4v) is 3.52. The lowest BCUT2D eigenvalue weighted by atomic mass is 9.96. The summed E-state index contributed by atoms with van der Waals surface area (Å²) in [6, 6.07) is 5.52. The summed E-state index contributed by atoms with van der Waals surface area (Å²) in [7, 11) is 1.58. The van der Waals surface area contributed by atoms with Crippen molar-refractivity contribution in [1.29, 1.82) is 0 Å². The van der Waals surface area contributed by atoms with Gasteiger partial charge in [0.15, 0.2) is 11.6 Å². The number of amides is 2. The van der Waals surface area contributed by atoms with E-state index in [1.165, 1.54) is 6.92 Å². The first-order chi connectivity index (χ1) is 18.9. The maximum atomic E-state index is 12.2. The molecule has 2 amide bonds. The number of methoxy groups -OCH3 is 1. The van der Waals surface area contributed by atoms with Gasteiger partial charge in [-0.05, 0) is 49.9 Å². The number of benzene rings is 1. The highest BCUT2D eigenvalue weighted by molar-refractivity contribution is 5.98. The van der Waals surface area contributed by atoms with Crippen LogP contribution in [0.2, 0.25) is 0 Å². The van der Waals surface area contributed by atoms with Gasteiger partial charge in [-0.25, -0.2) is 0 Å². The number of carboxylic acids is 1. The topological polar surface area (TPSA) is 139 Å². The zero-order valence-electron chi connectivity index (χ0n) is 26.0. The number of rotatable bonds is 16. The molecule has 0 saturated heterocycles. The molecule has 0 radical (unpaired) electrons. The second-order valence-electron chi connectivity index (χ2n) is 9.81. The molecule has 0 aliphatic heterocycles. The van der Waals surface area contributed by atoms with Crippen LogP contribution in [0.1, 0.15) is 111 Å². The number of hydrogen-bond acceptors (Lipinski definition) is 6. The van der Waals surface area contributed by atoms with E-state index in [9.17, 15) is 24.0 Å². The Kier molecular flexibility index (Phi) is 22.0. The third-order valence-electron chi connectivity index (χ3n) is 6.05. The van der Waals surface area contributed by atoms with Crippen molar-refractivity contribution in [1.82, 2.24) is 10.6 Å². The average molecular weight is 565 g/mol. The molecule has 0 fully saturated rings. The van der Waals surface area contributed by atoms with Crippen LogP contribution >= 0.6 is 0 Å². The normalized spacial score (nSPS) is 12.3. The maximum Gasteiger partial charge on any atom is 0.305 e. The molecule has 0 aliphatic carbocycles. The first kappa shape index (κ1) is 38.9. The standard InChI is InChI=1S/C17H25NO3.C12H21NO4.C2H6/c1-5-6-7-15(19)16(12(2)3)18-17(20)13-8-10-14(21-4)11-9-13;1-4-5-6-8(2)12(17)13-10(9(3)14)7-11(15)16;1-2/h8-12,16H,5-7H2,1-4H3,(H,18,20);8,10H,4-7H2,1-3H3,(H,13,17)(H,15,16);1-2H3/t;8-,10-;/m.0./s1. The van der Waals surface area contributed by atoms with Crippen molar-refractivity contribution >= 4 is 29.4 Å². The van der Waals surface area contributed by atoms with Gasteiger partial charge >= 0.3 is 5.97 Å². The number of ketones is 2. The minimum absolute atomic E-state index is 0.0801. The van der Waals surface area contributed by atoms with E-state index >= 15 is 0 Å². The second-order valence-corrected chi connectivity index (χ2v) is 9.81. The lowest BCUT2D eigenvalue weighted by Crippen LogP contribution is -2.44. The van der Waals surface area contributed by atoms with Gasteiger partial charge in [0.2, 0.25) is 5.91 Å². The highest BCUT2D eigenvalue weighted by Crippen LogP contribution is 2.13. The Bertz CT molecular complexity index is 897. The van der Waals surface area contributed by atoms with E-state index in [0.717, 1.165) is 32.1 Å². The number of carboxylic acid groups (broad SMARTS) is 1. The zero-order chi connectivity index (χ0) is 31.3. The van der Waals surface area contributed by atoms with Crippen LogP contribution < -0.4 is 15.4 Å². The second kappa shape index (κ2) is 22.6. The van der Waals surface area contributed by atoms with E-state index < -0.39 is 18.1 Å². The molecule has 0 heterocycles. The van der Waals surface area contributed by atoms with Crippen LogP contribution in [0.3, 0.4) is 0 Å². The highest BCUT2D eigenvalue weighted by Gasteiger charge is 2.24. The largest absolute Gasteiger partial charge is 0.497 e. The molecule has 228 valence electrons. The van der Waals surface area contributed by atoms with E-state index in [4.69, 9.17) is 9.84 Å². The lowest BCUT2D eigenvalue weighted by Gasteiger charge is -2.21. The van der Waals surface area contributed by atoms with Crippen molar-refractivity contribution in [2.24, 2.45) is 11.8 Å². The molecule has 40 heavy (non-hydrogen) atoms. The van der Waals surface area contributed by atoms with Crippen LogP contribution in [0, 0.1) is 11.8 Å². The molecule has 0 bridgehead atoms. The summed E-state index contributed by atoms with van der Waals surface area (Å²) in [5.74, 6) is -1.20. The number of hydrogen-bond donors (Lipinski definition) is 3. The van der Waals surface area contributed by atoms with Crippen LogP contribution in [-0.4, -0.2) is 53.7 Å². The lowest BCUT2D eigenvalue weighted by molar-refractivity contribution is -0.140. The number of nitrogens with one attached hydrogen (secondary N) is 2. The number of Topliss-reactive ketones (excluding diaryl/α,β-unsaturated/α-hetero) is 2. The van der Waals surface area contributed by atoms with E-state index in [2.05, 4.69) is 10.6 Å². The van der Waals surface area contributed by atoms with Crippen molar-refractivity contribution in [2.75, 3.05) is 7.11 Å². The van der Waals surface area contributed by atoms with Crippen LogP contribution in [0.25, 0.3) is 0 Å². The van der Waals surface area contributed by atoms with Crippen molar-refractivity contribution in [3.8, 4) is 5.75 Å². The molecular formula is C31H52N2O7. The SMILES string of the molecule is CC.CCCCC(=O)C(NC(=O)c1ccc(OC)cc1)C(C)C.CCCC[C@H](C)C(=O)N[C@@H](CC(=O)O)C(C)=O. The van der Waals surface area contributed by atoms with Crippen molar-refractivity contribution < 1.29 is 33.8 Å². The molecule has 0 aromatic heterocycles. The molecule has 0 saturated carbocycles. The molecule has 0 spiro atoms. The molecule has 1 aromatic rings. The summed E-state index contributed by atoms with van der Waals surface area (Å²) in [6.45, 7) is 15.0. The van der Waals surface area contributed by atoms with Gasteiger partial charge in [-0.2, -0.15) is 0 Å². The Balaban J connectivity index is 0. The smallest absolute Gasteiger partial charge is 0.305 e. The molecular weight excluding hydrogens is 512 g/mol. The summed E-state index contributed by atoms with van der Waals surface area (Å²) in [5, 5.41) is 14.0. The van der Waals surface area contributed by atoms with Crippen molar-refractivity contribution in [2.45, 2.75) is 112 Å². The highest BCUT2D eigenvalue weighted by atomic mass is 16.5. The van der Waals surface area contributed by atoms with Crippen LogP contribution in [0.4, 0.5) is 0 Å². The van der Waals surface area contributed by atoms with Gasteiger partial charge in [-0.1, -0.05) is 67.7 Å². The van der Waals surface area contributed by atoms with E-state index in [1.807, 2.05) is 41.5 Å². The Labute approximate surface area is 240 Å². The van der Waals surface area contributed by atoms with Crippen LogP contribution in [0.5, 0.6) is 5.75 Å². The van der Waals surface area contributed by atoms with Crippen molar-refractivity contribution in [3.05, 3.63) is 29.8 Å². The van der Waals surface area contributed by atoms with Gasteiger partial charge in [-0.15, -0.1) is 0 Å². The van der Waals surface area contributed by atoms with Gasteiger partial charge in [-0.3, -0.25) is 24.0 Å². The summed E-state index contributed by atoms with van der Waals surface area (Å²) in [5.41, 5.74) is 0.532. The number of carbonyl (C=O) groups is 5. The van der Waals surface area contributed by atoms with E-state index in [1.54, 1.807) is 38.3 Å². The Hall–Kier alpha value is -3.23.